The zero-order chi connectivity index (χ0) is 12.4. The summed E-state index contributed by atoms with van der Waals surface area (Å²) in [4.78, 5) is 0. The fraction of sp³-hybridized carbons (Fsp3) is 0.875. The lowest BCUT2D eigenvalue weighted by atomic mass is 9.97. The number of nitrogens with one attached hydrogen (secondary N) is 1. The first-order chi connectivity index (χ1) is 7.18. The average molecular weight is 256 g/mol. The van der Waals surface area contributed by atoms with E-state index >= 15 is 0 Å². The second-order valence-corrected chi connectivity index (χ2v) is 6.04. The van der Waals surface area contributed by atoms with Gasteiger partial charge in [0.1, 0.15) is 5.54 Å². The Morgan fingerprint density at radius 1 is 1.44 bits per heavy atom. The van der Waals surface area contributed by atoms with E-state index in [0.717, 1.165) is 0 Å². The van der Waals surface area contributed by atoms with Crippen LogP contribution in [0.25, 0.3) is 0 Å². The summed E-state index contributed by atoms with van der Waals surface area (Å²) >= 11 is 0. The van der Waals surface area contributed by atoms with Crippen molar-refractivity contribution in [3.8, 4) is 6.07 Å². The minimum atomic E-state index is -4.45. The Kier molecular flexibility index (Phi) is 3.50. The van der Waals surface area contributed by atoms with E-state index in [-0.39, 0.29) is 18.6 Å². The molecule has 0 aromatic rings. The van der Waals surface area contributed by atoms with Crippen molar-refractivity contribution in [3.63, 3.8) is 0 Å². The zero-order valence-electron chi connectivity index (χ0n) is 8.34. The predicted octanol–water partition coefficient (Wildman–Crippen LogP) is 0.609. The Morgan fingerprint density at radius 3 is 2.50 bits per heavy atom. The van der Waals surface area contributed by atoms with Crippen molar-refractivity contribution in [2.24, 2.45) is 0 Å². The lowest BCUT2D eigenvalue weighted by Crippen LogP contribution is -2.54. The van der Waals surface area contributed by atoms with Crippen LogP contribution in [0.5, 0.6) is 0 Å². The lowest BCUT2D eigenvalue weighted by molar-refractivity contribution is -0.127. The van der Waals surface area contributed by atoms with Crippen molar-refractivity contribution in [2.75, 3.05) is 18.1 Å². The quantitative estimate of drug-likeness (QED) is 0.785. The molecule has 1 aliphatic rings. The smallest absolute Gasteiger partial charge is 0.290 e. The Balaban J connectivity index is 2.76. The second-order valence-electron chi connectivity index (χ2n) is 3.86. The minimum absolute atomic E-state index is 0.0653. The van der Waals surface area contributed by atoms with E-state index < -0.39 is 33.9 Å². The molecule has 92 valence electrons. The van der Waals surface area contributed by atoms with Crippen molar-refractivity contribution in [1.29, 1.82) is 5.26 Å². The highest BCUT2D eigenvalue weighted by molar-refractivity contribution is 7.91. The molecule has 1 saturated heterocycles. The molecular formula is C8H11F3N2O2S. The van der Waals surface area contributed by atoms with Gasteiger partial charge in [0.25, 0.3) is 0 Å². The van der Waals surface area contributed by atoms with Crippen molar-refractivity contribution in [3.05, 3.63) is 0 Å². The van der Waals surface area contributed by atoms with Gasteiger partial charge in [-0.15, -0.1) is 0 Å². The number of sulfone groups is 1. The maximum Gasteiger partial charge on any atom is 0.401 e. The Bertz CT molecular complexity index is 398. The van der Waals surface area contributed by atoms with Gasteiger partial charge in [0.2, 0.25) is 0 Å². The van der Waals surface area contributed by atoms with Gasteiger partial charge < -0.3 is 0 Å². The molecule has 0 saturated carbocycles. The molecule has 1 rings (SSSR count). The first kappa shape index (κ1) is 13.3. The zero-order valence-corrected chi connectivity index (χ0v) is 9.16. The van der Waals surface area contributed by atoms with Gasteiger partial charge in [0, 0.05) is 0 Å². The molecule has 16 heavy (non-hydrogen) atoms. The van der Waals surface area contributed by atoms with Crippen LogP contribution in [-0.4, -0.2) is 38.2 Å². The van der Waals surface area contributed by atoms with Crippen molar-refractivity contribution in [2.45, 2.75) is 24.6 Å². The molecule has 0 amide bonds. The number of halogens is 3. The lowest BCUT2D eigenvalue weighted by Gasteiger charge is -2.31. The summed E-state index contributed by atoms with van der Waals surface area (Å²) in [5.41, 5.74) is -1.59. The largest absolute Gasteiger partial charge is 0.401 e. The molecule has 1 aliphatic heterocycles. The van der Waals surface area contributed by atoms with Gasteiger partial charge in [-0.3, -0.25) is 5.32 Å². The molecule has 0 radical (unpaired) electrons. The monoisotopic (exact) mass is 256 g/mol. The first-order valence-corrected chi connectivity index (χ1v) is 6.44. The maximum atomic E-state index is 12.0. The summed E-state index contributed by atoms with van der Waals surface area (Å²) in [7, 11) is -3.42. The molecule has 1 heterocycles. The Labute approximate surface area is 91.4 Å². The summed E-state index contributed by atoms with van der Waals surface area (Å²) in [5.74, 6) is -0.614. The third kappa shape index (κ3) is 3.64. The number of nitriles is 1. The maximum absolute atomic E-state index is 12.0. The van der Waals surface area contributed by atoms with Gasteiger partial charge in [-0.25, -0.2) is 8.42 Å². The summed E-state index contributed by atoms with van der Waals surface area (Å²) in [6, 6.07) is 1.66. The molecule has 0 aromatic carbocycles. The standard InChI is InChI=1S/C8H11F3N2O2S/c9-8(10,11)5-13-7(4-12)2-1-3-16(14,15)6-7/h13H,1-3,5-6H2. The van der Waals surface area contributed by atoms with E-state index in [4.69, 9.17) is 5.26 Å². The van der Waals surface area contributed by atoms with Gasteiger partial charge in [0.05, 0.1) is 24.1 Å². The van der Waals surface area contributed by atoms with Crippen LogP contribution >= 0.6 is 0 Å². The van der Waals surface area contributed by atoms with Gasteiger partial charge in [-0.1, -0.05) is 0 Å². The van der Waals surface area contributed by atoms with E-state index in [1.54, 1.807) is 6.07 Å². The van der Waals surface area contributed by atoms with Crippen LogP contribution in [0.2, 0.25) is 0 Å². The average Bonchev–Trinajstić information content (AvgIpc) is 2.12. The van der Waals surface area contributed by atoms with Crippen LogP contribution in [0.3, 0.4) is 0 Å². The van der Waals surface area contributed by atoms with Crippen LogP contribution in [0.1, 0.15) is 12.8 Å². The third-order valence-electron chi connectivity index (χ3n) is 2.37. The molecule has 0 spiro atoms. The summed E-state index contributed by atoms with van der Waals surface area (Å²) < 4.78 is 58.5. The highest BCUT2D eigenvalue weighted by atomic mass is 32.2. The number of alkyl halides is 3. The number of nitrogens with zero attached hydrogens (tertiary/aromatic N) is 1. The first-order valence-electron chi connectivity index (χ1n) is 4.62. The Hall–Kier alpha value is -0.810. The van der Waals surface area contributed by atoms with Crippen LogP contribution in [0.4, 0.5) is 13.2 Å². The Morgan fingerprint density at radius 2 is 2.06 bits per heavy atom. The van der Waals surface area contributed by atoms with E-state index in [2.05, 4.69) is 0 Å². The molecule has 1 atom stereocenters. The highest BCUT2D eigenvalue weighted by Gasteiger charge is 2.41. The van der Waals surface area contributed by atoms with Crippen LogP contribution in [0, 0.1) is 11.3 Å². The molecule has 0 aliphatic carbocycles. The van der Waals surface area contributed by atoms with Gasteiger partial charge in [-0.05, 0) is 12.8 Å². The fourth-order valence-corrected chi connectivity index (χ4v) is 3.44. The van der Waals surface area contributed by atoms with Gasteiger partial charge in [-0.2, -0.15) is 18.4 Å². The van der Waals surface area contributed by atoms with E-state index in [1.807, 2.05) is 5.32 Å². The van der Waals surface area contributed by atoms with Gasteiger partial charge >= 0.3 is 6.18 Å². The number of rotatable bonds is 2. The van der Waals surface area contributed by atoms with Crippen LogP contribution in [0.15, 0.2) is 0 Å². The fourth-order valence-electron chi connectivity index (χ4n) is 1.65. The normalized spacial score (nSPS) is 29.6. The summed E-state index contributed by atoms with van der Waals surface area (Å²) in [5, 5.41) is 10.8. The molecule has 4 nitrogen and oxygen atoms in total. The topological polar surface area (TPSA) is 70.0 Å². The molecule has 1 fully saturated rings. The number of hydrogen-bond donors (Lipinski definition) is 1. The predicted molar refractivity (Wildman–Crippen MR) is 50.3 cm³/mol. The summed E-state index contributed by atoms with van der Waals surface area (Å²) in [6.45, 7) is -1.35. The molecule has 0 bridgehead atoms. The number of hydrogen-bond acceptors (Lipinski definition) is 4. The molecule has 8 heteroatoms. The SMILES string of the molecule is N#CC1(NCC(F)(F)F)CCCS(=O)(=O)C1. The molecular weight excluding hydrogens is 245 g/mol. The summed E-state index contributed by atoms with van der Waals surface area (Å²) in [6.07, 6.45) is -4.12. The van der Waals surface area contributed by atoms with Crippen LogP contribution < -0.4 is 5.32 Å². The van der Waals surface area contributed by atoms with E-state index in [9.17, 15) is 21.6 Å². The minimum Gasteiger partial charge on any atom is -0.290 e. The molecule has 1 N–H and O–H groups in total. The van der Waals surface area contributed by atoms with E-state index in [1.165, 1.54) is 0 Å². The molecule has 1 unspecified atom stereocenters. The van der Waals surface area contributed by atoms with Gasteiger partial charge in [0.15, 0.2) is 9.84 Å². The highest BCUT2D eigenvalue weighted by Crippen LogP contribution is 2.24. The molecule has 0 aromatic heterocycles. The van der Waals surface area contributed by atoms with Crippen molar-refractivity contribution < 1.29 is 21.6 Å². The van der Waals surface area contributed by atoms with Crippen molar-refractivity contribution in [1.82, 2.24) is 5.32 Å². The van der Waals surface area contributed by atoms with Crippen molar-refractivity contribution >= 4 is 9.84 Å². The van der Waals surface area contributed by atoms with Crippen LogP contribution in [-0.2, 0) is 9.84 Å². The third-order valence-corrected chi connectivity index (χ3v) is 4.21. The van der Waals surface area contributed by atoms with E-state index in [0.29, 0.717) is 0 Å². The second kappa shape index (κ2) is 4.22.